The van der Waals surface area contributed by atoms with Crippen LogP contribution >= 0.6 is 0 Å². The fourth-order valence-electron chi connectivity index (χ4n) is 4.18. The van der Waals surface area contributed by atoms with E-state index in [4.69, 9.17) is 0 Å². The Hall–Kier alpha value is -3.63. The van der Waals surface area contributed by atoms with Gasteiger partial charge in [-0.2, -0.15) is 4.31 Å². The van der Waals surface area contributed by atoms with Gasteiger partial charge >= 0.3 is 0 Å². The molecular weight excluding hydrogens is 472 g/mol. The van der Waals surface area contributed by atoms with Crippen LogP contribution in [0.25, 0.3) is 27.9 Å². The maximum absolute atomic E-state index is 14.0. The fraction of sp³-hybridized carbons (Fsp3) is 0.200. The summed E-state index contributed by atoms with van der Waals surface area (Å²) in [6, 6.07) is 13.1. The number of benzene rings is 1. The number of hydrogen-bond acceptors (Lipinski definition) is 5. The first-order chi connectivity index (χ1) is 16.8. The predicted molar refractivity (Wildman–Crippen MR) is 132 cm³/mol. The normalized spacial score (nSPS) is 14.8. The molecule has 7 nitrogen and oxygen atoms in total. The van der Waals surface area contributed by atoms with Gasteiger partial charge in [-0.3, -0.25) is 0 Å². The molecule has 0 atom stereocenters. The van der Waals surface area contributed by atoms with Crippen molar-refractivity contribution in [2.45, 2.75) is 13.0 Å². The van der Waals surface area contributed by atoms with Crippen LogP contribution in [0.2, 0.25) is 0 Å². The molecule has 180 valence electrons. The summed E-state index contributed by atoms with van der Waals surface area (Å²) in [5.41, 5.74) is 4.10. The van der Waals surface area contributed by atoms with Crippen LogP contribution in [0.5, 0.6) is 0 Å². The van der Waals surface area contributed by atoms with Crippen LogP contribution in [0.1, 0.15) is 17.7 Å². The maximum Gasteiger partial charge on any atom is 0.211 e. The SMILES string of the molecule is CS(=O)(=O)N1CC=C(c2cc3c(-c4cccc(NCc5c(F)cccc5F)n4)ccnc3[nH]2)CC1. The number of halogens is 2. The van der Waals surface area contributed by atoms with Gasteiger partial charge in [0.25, 0.3) is 0 Å². The van der Waals surface area contributed by atoms with E-state index in [1.54, 1.807) is 12.3 Å². The number of aromatic nitrogens is 3. The molecule has 5 rings (SSSR count). The summed E-state index contributed by atoms with van der Waals surface area (Å²) in [6.07, 6.45) is 5.42. The molecule has 0 unspecified atom stereocenters. The summed E-state index contributed by atoms with van der Waals surface area (Å²) >= 11 is 0. The second-order valence-corrected chi connectivity index (χ2v) is 10.3. The van der Waals surface area contributed by atoms with Gasteiger partial charge < -0.3 is 10.3 Å². The number of fused-ring (bicyclic) bond motifs is 1. The summed E-state index contributed by atoms with van der Waals surface area (Å²) in [4.78, 5) is 12.4. The number of hydrogen-bond donors (Lipinski definition) is 2. The van der Waals surface area contributed by atoms with Gasteiger partial charge in [0.15, 0.2) is 0 Å². The number of nitrogens with zero attached hydrogens (tertiary/aromatic N) is 3. The third-order valence-electron chi connectivity index (χ3n) is 6.05. The molecule has 2 N–H and O–H groups in total. The van der Waals surface area contributed by atoms with Gasteiger partial charge in [-0.05, 0) is 48.4 Å². The van der Waals surface area contributed by atoms with Crippen molar-refractivity contribution in [3.63, 3.8) is 0 Å². The summed E-state index contributed by atoms with van der Waals surface area (Å²) in [6.45, 7) is 0.730. The van der Waals surface area contributed by atoms with Crippen molar-refractivity contribution in [3.8, 4) is 11.3 Å². The molecule has 0 bridgehead atoms. The van der Waals surface area contributed by atoms with Gasteiger partial charge in [-0.25, -0.2) is 27.2 Å². The first kappa shape index (κ1) is 23.1. The maximum atomic E-state index is 14.0. The summed E-state index contributed by atoms with van der Waals surface area (Å²) in [5.74, 6) is -0.733. The zero-order valence-electron chi connectivity index (χ0n) is 18.9. The van der Waals surface area contributed by atoms with Crippen LogP contribution in [0.3, 0.4) is 0 Å². The fourth-order valence-corrected chi connectivity index (χ4v) is 4.95. The molecule has 1 aliphatic heterocycles. The quantitative estimate of drug-likeness (QED) is 0.409. The molecule has 10 heteroatoms. The highest BCUT2D eigenvalue weighted by molar-refractivity contribution is 7.88. The summed E-state index contributed by atoms with van der Waals surface area (Å²) in [5, 5.41) is 3.87. The molecule has 0 fully saturated rings. The van der Waals surface area contributed by atoms with Crippen molar-refractivity contribution in [1.82, 2.24) is 19.3 Å². The van der Waals surface area contributed by atoms with Crippen LogP contribution in [0.4, 0.5) is 14.6 Å². The standard InChI is InChI=1S/C25H23F2N5O2S/c1-35(33,34)32-12-9-16(10-13-32)23-14-18-17(8-11-28-25(18)31-23)22-6-3-7-24(30-22)29-15-19-20(26)4-2-5-21(19)27/h2-9,11,14H,10,12-13,15H2,1H3,(H,28,31)(H,29,30). The Kier molecular flexibility index (Phi) is 6.08. The molecule has 0 saturated heterocycles. The number of nitrogens with one attached hydrogen (secondary N) is 2. The van der Waals surface area contributed by atoms with Gasteiger partial charge in [-0.15, -0.1) is 0 Å². The lowest BCUT2D eigenvalue weighted by molar-refractivity contribution is 0.445. The molecule has 0 saturated carbocycles. The van der Waals surface area contributed by atoms with Crippen molar-refractivity contribution in [1.29, 1.82) is 0 Å². The number of H-pyrrole nitrogens is 1. The second kappa shape index (κ2) is 9.20. The van der Waals surface area contributed by atoms with E-state index >= 15 is 0 Å². The van der Waals surface area contributed by atoms with Crippen LogP contribution in [-0.4, -0.2) is 47.0 Å². The molecule has 1 aliphatic rings. The monoisotopic (exact) mass is 495 g/mol. The van der Waals surface area contributed by atoms with Gasteiger partial charge in [-0.1, -0.05) is 18.2 Å². The molecule has 0 aliphatic carbocycles. The minimum absolute atomic E-state index is 0.0341. The number of sulfonamides is 1. The smallest absolute Gasteiger partial charge is 0.211 e. The minimum Gasteiger partial charge on any atom is -0.366 e. The van der Waals surface area contributed by atoms with E-state index in [9.17, 15) is 17.2 Å². The Morgan fingerprint density at radius 3 is 2.60 bits per heavy atom. The van der Waals surface area contributed by atoms with E-state index in [2.05, 4.69) is 20.3 Å². The Labute approximate surface area is 201 Å². The number of anilines is 1. The molecular formula is C25H23F2N5O2S. The topological polar surface area (TPSA) is 91.0 Å². The first-order valence-corrected chi connectivity index (χ1v) is 12.9. The Morgan fingerprint density at radius 2 is 1.89 bits per heavy atom. The number of pyridine rings is 2. The predicted octanol–water partition coefficient (Wildman–Crippen LogP) is 4.56. The van der Waals surface area contributed by atoms with Gasteiger partial charge in [0.2, 0.25) is 10.0 Å². The lowest BCUT2D eigenvalue weighted by Gasteiger charge is -2.23. The van der Waals surface area contributed by atoms with Gasteiger partial charge in [0.1, 0.15) is 23.1 Å². The summed E-state index contributed by atoms with van der Waals surface area (Å²) in [7, 11) is -3.22. The van der Waals surface area contributed by atoms with Crippen molar-refractivity contribution in [3.05, 3.63) is 83.7 Å². The zero-order chi connectivity index (χ0) is 24.6. The lowest BCUT2D eigenvalue weighted by Crippen LogP contribution is -2.33. The largest absolute Gasteiger partial charge is 0.366 e. The average Bonchev–Trinajstić information content (AvgIpc) is 3.28. The third kappa shape index (κ3) is 4.80. The Morgan fingerprint density at radius 1 is 1.11 bits per heavy atom. The molecule has 4 aromatic rings. The molecule has 35 heavy (non-hydrogen) atoms. The van der Waals surface area contributed by atoms with E-state index in [-0.39, 0.29) is 12.1 Å². The summed E-state index contributed by atoms with van der Waals surface area (Å²) < 4.78 is 52.9. The van der Waals surface area contributed by atoms with Crippen LogP contribution in [-0.2, 0) is 16.6 Å². The van der Waals surface area contributed by atoms with Crippen LogP contribution < -0.4 is 5.32 Å². The highest BCUT2D eigenvalue weighted by atomic mass is 32.2. The average molecular weight is 496 g/mol. The number of aromatic amines is 1. The minimum atomic E-state index is -3.22. The van der Waals surface area contributed by atoms with Crippen molar-refractivity contribution >= 4 is 32.4 Å². The van der Waals surface area contributed by atoms with E-state index in [0.717, 1.165) is 22.2 Å². The van der Waals surface area contributed by atoms with E-state index < -0.39 is 21.7 Å². The van der Waals surface area contributed by atoms with Crippen molar-refractivity contribution < 1.29 is 17.2 Å². The van der Waals surface area contributed by atoms with Gasteiger partial charge in [0, 0.05) is 48.0 Å². The third-order valence-corrected chi connectivity index (χ3v) is 7.32. The zero-order valence-corrected chi connectivity index (χ0v) is 19.7. The van der Waals surface area contributed by atoms with Gasteiger partial charge in [0.05, 0.1) is 11.9 Å². The highest BCUT2D eigenvalue weighted by Crippen LogP contribution is 2.31. The molecule has 0 radical (unpaired) electrons. The second-order valence-electron chi connectivity index (χ2n) is 8.37. The lowest BCUT2D eigenvalue weighted by atomic mass is 10.0. The van der Waals surface area contributed by atoms with Crippen molar-refractivity contribution in [2.24, 2.45) is 0 Å². The highest BCUT2D eigenvalue weighted by Gasteiger charge is 2.21. The molecule has 0 spiro atoms. The Bertz CT molecular complexity index is 1530. The first-order valence-electron chi connectivity index (χ1n) is 11.1. The van der Waals surface area contributed by atoms with Crippen LogP contribution in [0.15, 0.2) is 60.8 Å². The Balaban J connectivity index is 1.42. The van der Waals surface area contributed by atoms with E-state index in [1.807, 2.05) is 30.3 Å². The molecule has 4 heterocycles. The number of rotatable bonds is 6. The molecule has 1 aromatic carbocycles. The van der Waals surface area contributed by atoms with Crippen molar-refractivity contribution in [2.75, 3.05) is 24.7 Å². The molecule has 3 aromatic heterocycles. The van der Waals surface area contributed by atoms with Crippen LogP contribution in [0, 0.1) is 11.6 Å². The molecule has 0 amide bonds. The van der Waals surface area contributed by atoms with E-state index in [1.165, 1.54) is 28.8 Å². The van der Waals surface area contributed by atoms with E-state index in [0.29, 0.717) is 36.7 Å².